The first-order valence-electron chi connectivity index (χ1n) is 10.3. The second-order valence-electron chi connectivity index (χ2n) is 7.07. The van der Waals surface area contributed by atoms with Gasteiger partial charge in [-0.3, -0.25) is 14.9 Å². The predicted molar refractivity (Wildman–Crippen MR) is 139 cm³/mol. The molecule has 0 saturated heterocycles. The van der Waals surface area contributed by atoms with Gasteiger partial charge < -0.3 is 14.8 Å². The smallest absolute Gasteiger partial charge is 0.271 e. The number of nitrogens with zero attached hydrogens (tertiary/aromatic N) is 2. The van der Waals surface area contributed by atoms with Crippen LogP contribution in [0, 0.1) is 21.4 Å². The van der Waals surface area contributed by atoms with Crippen LogP contribution in [-0.4, -0.2) is 17.4 Å². The summed E-state index contributed by atoms with van der Waals surface area (Å²) < 4.78 is 13.2. The Morgan fingerprint density at radius 1 is 1.11 bits per heavy atom. The average molecular weight is 601 g/mol. The van der Waals surface area contributed by atoms with Gasteiger partial charge in [0.2, 0.25) is 0 Å². The van der Waals surface area contributed by atoms with Gasteiger partial charge in [-0.15, -0.1) is 0 Å². The van der Waals surface area contributed by atoms with Gasteiger partial charge in [0.05, 0.1) is 16.0 Å². The Kier molecular flexibility index (Phi) is 9.00. The average Bonchev–Trinajstić information content (AvgIpc) is 2.83. The molecule has 3 aromatic rings. The summed E-state index contributed by atoms with van der Waals surface area (Å²) >= 11 is 6.99. The number of nitro benzene ring substituents is 1. The van der Waals surface area contributed by atoms with E-state index in [1.807, 2.05) is 37.3 Å². The Morgan fingerprint density at radius 2 is 1.89 bits per heavy atom. The lowest BCUT2D eigenvalue weighted by Crippen LogP contribution is -2.13. The van der Waals surface area contributed by atoms with Crippen LogP contribution in [0.3, 0.4) is 0 Å². The Labute approximate surface area is 218 Å². The second kappa shape index (κ2) is 12.1. The number of rotatable bonds is 9. The Hall–Kier alpha value is -3.68. The minimum Gasteiger partial charge on any atom is -0.490 e. The fourth-order valence-electron chi connectivity index (χ4n) is 3.05. The summed E-state index contributed by atoms with van der Waals surface area (Å²) in [5.41, 5.74) is 1.33. The summed E-state index contributed by atoms with van der Waals surface area (Å²) in [5.74, 6) is 0.229. The highest BCUT2D eigenvalue weighted by atomic mass is 79.9. The molecule has 0 saturated carbocycles. The van der Waals surface area contributed by atoms with Crippen LogP contribution in [0.2, 0.25) is 0 Å². The van der Waals surface area contributed by atoms with Crippen LogP contribution in [0.25, 0.3) is 6.08 Å². The van der Waals surface area contributed by atoms with Crippen molar-refractivity contribution in [1.82, 2.24) is 0 Å². The number of halogens is 2. The fourth-order valence-corrected chi connectivity index (χ4v) is 4.02. The predicted octanol–water partition coefficient (Wildman–Crippen LogP) is 6.64. The molecule has 0 aliphatic heterocycles. The summed E-state index contributed by atoms with van der Waals surface area (Å²) in [7, 11) is 0. The number of anilines is 1. The number of hydrogen-bond donors (Lipinski definition) is 1. The summed E-state index contributed by atoms with van der Waals surface area (Å²) in [5, 5.41) is 23.0. The molecule has 1 N–H and O–H groups in total. The molecular formula is C25H19Br2N3O5. The van der Waals surface area contributed by atoms with Crippen LogP contribution in [0.4, 0.5) is 11.4 Å². The third kappa shape index (κ3) is 6.91. The van der Waals surface area contributed by atoms with Crippen molar-refractivity contribution >= 4 is 55.2 Å². The minimum atomic E-state index is -0.698. The number of amides is 1. The number of non-ortho nitro benzene ring substituents is 1. The van der Waals surface area contributed by atoms with E-state index in [9.17, 15) is 20.2 Å². The molecule has 8 nitrogen and oxygen atoms in total. The van der Waals surface area contributed by atoms with Crippen molar-refractivity contribution in [2.75, 3.05) is 11.9 Å². The fraction of sp³-hybridized carbons (Fsp3) is 0.120. The van der Waals surface area contributed by atoms with Crippen LogP contribution >= 0.6 is 31.9 Å². The third-order valence-electron chi connectivity index (χ3n) is 4.65. The summed E-state index contributed by atoms with van der Waals surface area (Å²) in [6.07, 6.45) is 1.40. The molecule has 0 fully saturated rings. The highest BCUT2D eigenvalue weighted by molar-refractivity contribution is 9.10. The molecule has 0 aliphatic rings. The zero-order valence-electron chi connectivity index (χ0n) is 18.5. The normalized spacial score (nSPS) is 10.9. The number of ether oxygens (including phenoxy) is 2. The molecule has 3 aromatic carbocycles. The van der Waals surface area contributed by atoms with E-state index in [4.69, 9.17) is 9.47 Å². The molecule has 0 atom stereocenters. The van der Waals surface area contributed by atoms with Crippen molar-refractivity contribution in [2.45, 2.75) is 13.5 Å². The van der Waals surface area contributed by atoms with Gasteiger partial charge in [0, 0.05) is 27.9 Å². The molecule has 10 heteroatoms. The Balaban J connectivity index is 1.85. The number of nitrogens with one attached hydrogen (secondary N) is 1. The summed E-state index contributed by atoms with van der Waals surface area (Å²) in [6.45, 7) is 2.51. The first-order valence-corrected chi connectivity index (χ1v) is 11.9. The SMILES string of the molecule is CCOc1cc(/C=C(\C#N)C(=O)Nc2cccc([N+](=O)[O-])c2)cc(Br)c1OCc1ccccc1Br. The van der Waals surface area contributed by atoms with Crippen molar-refractivity contribution in [2.24, 2.45) is 0 Å². The van der Waals surface area contributed by atoms with Gasteiger partial charge in [-0.2, -0.15) is 5.26 Å². The highest BCUT2D eigenvalue weighted by Crippen LogP contribution is 2.38. The van der Waals surface area contributed by atoms with Gasteiger partial charge in [0.1, 0.15) is 18.2 Å². The van der Waals surface area contributed by atoms with Crippen molar-refractivity contribution in [3.8, 4) is 17.6 Å². The number of carbonyl (C=O) groups excluding carboxylic acids is 1. The van der Waals surface area contributed by atoms with E-state index in [-0.39, 0.29) is 16.9 Å². The van der Waals surface area contributed by atoms with Gasteiger partial charge in [-0.05, 0) is 58.8 Å². The highest BCUT2D eigenvalue weighted by Gasteiger charge is 2.16. The molecule has 0 unspecified atom stereocenters. The van der Waals surface area contributed by atoms with Crippen LogP contribution in [-0.2, 0) is 11.4 Å². The van der Waals surface area contributed by atoms with Gasteiger partial charge >= 0.3 is 0 Å². The lowest BCUT2D eigenvalue weighted by Gasteiger charge is -2.15. The monoisotopic (exact) mass is 599 g/mol. The summed E-state index contributed by atoms with van der Waals surface area (Å²) in [6, 6.07) is 18.4. The Morgan fingerprint density at radius 3 is 2.57 bits per heavy atom. The van der Waals surface area contributed by atoms with E-state index in [1.54, 1.807) is 12.1 Å². The van der Waals surface area contributed by atoms with E-state index in [0.29, 0.717) is 34.7 Å². The van der Waals surface area contributed by atoms with Crippen LogP contribution in [0.15, 0.2) is 75.2 Å². The van der Waals surface area contributed by atoms with E-state index >= 15 is 0 Å². The first-order chi connectivity index (χ1) is 16.8. The molecule has 1 amide bonds. The maximum absolute atomic E-state index is 12.6. The number of hydrogen-bond acceptors (Lipinski definition) is 6. The summed E-state index contributed by atoms with van der Waals surface area (Å²) in [4.78, 5) is 23.0. The molecule has 0 aromatic heterocycles. The van der Waals surface area contributed by atoms with Crippen LogP contribution in [0.1, 0.15) is 18.1 Å². The molecule has 0 heterocycles. The maximum Gasteiger partial charge on any atom is 0.271 e. The second-order valence-corrected chi connectivity index (χ2v) is 8.78. The molecular weight excluding hydrogens is 582 g/mol. The number of nitriles is 1. The quantitative estimate of drug-likeness (QED) is 0.127. The molecule has 0 spiro atoms. The van der Waals surface area contributed by atoms with E-state index in [1.165, 1.54) is 30.3 Å². The van der Waals surface area contributed by atoms with Crippen LogP contribution < -0.4 is 14.8 Å². The van der Waals surface area contributed by atoms with Crippen LogP contribution in [0.5, 0.6) is 11.5 Å². The van der Waals surface area contributed by atoms with Crippen molar-refractivity contribution in [1.29, 1.82) is 5.26 Å². The van der Waals surface area contributed by atoms with E-state index in [2.05, 4.69) is 37.2 Å². The topological polar surface area (TPSA) is 114 Å². The molecule has 35 heavy (non-hydrogen) atoms. The lowest BCUT2D eigenvalue weighted by atomic mass is 10.1. The van der Waals surface area contributed by atoms with Gasteiger partial charge in [0.15, 0.2) is 11.5 Å². The van der Waals surface area contributed by atoms with Gasteiger partial charge in [0.25, 0.3) is 11.6 Å². The number of benzene rings is 3. The molecule has 0 bridgehead atoms. The maximum atomic E-state index is 12.6. The van der Waals surface area contributed by atoms with E-state index in [0.717, 1.165) is 10.0 Å². The zero-order valence-corrected chi connectivity index (χ0v) is 21.6. The molecule has 0 radical (unpaired) electrons. The number of carbonyl (C=O) groups is 1. The van der Waals surface area contributed by atoms with Crippen molar-refractivity contribution < 1.29 is 19.2 Å². The third-order valence-corrected chi connectivity index (χ3v) is 6.02. The molecule has 178 valence electrons. The zero-order chi connectivity index (χ0) is 25.4. The first kappa shape index (κ1) is 25.9. The standard InChI is InChI=1S/C25H19Br2N3O5/c1-2-34-23-12-16(11-22(27)24(23)35-15-17-6-3-4-9-21(17)26)10-18(14-28)25(31)29-19-7-5-8-20(13-19)30(32)33/h3-13H,2,15H2,1H3,(H,29,31)/b18-10+. The van der Waals surface area contributed by atoms with Gasteiger partial charge in [-0.1, -0.05) is 40.2 Å². The Bertz CT molecular complexity index is 1330. The van der Waals surface area contributed by atoms with E-state index < -0.39 is 10.8 Å². The van der Waals surface area contributed by atoms with Gasteiger partial charge in [-0.25, -0.2) is 0 Å². The number of nitro groups is 1. The molecule has 3 rings (SSSR count). The van der Waals surface area contributed by atoms with Crippen molar-refractivity contribution in [3.05, 3.63) is 96.4 Å². The molecule has 0 aliphatic carbocycles. The lowest BCUT2D eigenvalue weighted by molar-refractivity contribution is -0.384. The minimum absolute atomic E-state index is 0.173. The largest absolute Gasteiger partial charge is 0.490 e. The van der Waals surface area contributed by atoms with Crippen molar-refractivity contribution in [3.63, 3.8) is 0 Å².